The third-order valence-corrected chi connectivity index (χ3v) is 7.83. The molecule has 1 fully saturated rings. The van der Waals surface area contributed by atoms with Crippen LogP contribution < -0.4 is 0 Å². The second-order valence-corrected chi connectivity index (χ2v) is 10.4. The van der Waals surface area contributed by atoms with E-state index in [2.05, 4.69) is 9.56 Å². The fraction of sp³-hybridized carbons (Fsp3) is 0.138. The van der Waals surface area contributed by atoms with Gasteiger partial charge < -0.3 is 9.30 Å². The van der Waals surface area contributed by atoms with Crippen molar-refractivity contribution in [1.82, 2.24) is 9.47 Å². The van der Waals surface area contributed by atoms with Gasteiger partial charge in [0.25, 0.3) is 5.91 Å². The molecule has 1 aromatic heterocycles. The molecule has 1 amide bonds. The first-order valence-corrected chi connectivity index (χ1v) is 13.5. The van der Waals surface area contributed by atoms with Gasteiger partial charge in [-0.2, -0.15) is 0 Å². The Hall–Kier alpha value is -3.52. The van der Waals surface area contributed by atoms with E-state index in [0.29, 0.717) is 44.5 Å². The van der Waals surface area contributed by atoms with Crippen LogP contribution in [0.2, 0.25) is 10.0 Å². The molecule has 0 radical (unpaired) electrons. The number of fused-ring (bicyclic) bond motifs is 1. The van der Waals surface area contributed by atoms with E-state index in [-0.39, 0.29) is 5.91 Å². The first kappa shape index (κ1) is 26.1. The summed E-state index contributed by atoms with van der Waals surface area (Å²) in [5.74, 6) is -0.549. The van der Waals surface area contributed by atoms with E-state index in [0.717, 1.165) is 22.0 Å². The minimum Gasteiger partial charge on any atom is -0.462 e. The van der Waals surface area contributed by atoms with Crippen molar-refractivity contribution in [2.24, 2.45) is 4.99 Å². The van der Waals surface area contributed by atoms with Crippen LogP contribution in [-0.2, 0) is 16.1 Å². The molecule has 4 aromatic rings. The molecule has 9 heteroatoms. The van der Waals surface area contributed by atoms with Crippen molar-refractivity contribution >= 4 is 74.7 Å². The van der Waals surface area contributed by atoms with E-state index < -0.39 is 5.97 Å². The highest BCUT2D eigenvalue weighted by molar-refractivity contribution is 8.18. The quantitative estimate of drug-likeness (QED) is 0.181. The van der Waals surface area contributed by atoms with Crippen LogP contribution in [0, 0.1) is 0 Å². The summed E-state index contributed by atoms with van der Waals surface area (Å²) in [6.07, 6.45) is 3.93. The Labute approximate surface area is 234 Å². The molecule has 1 saturated heterocycles. The topological polar surface area (TPSA) is 63.9 Å². The number of ether oxygens (including phenoxy) is 1. The van der Waals surface area contributed by atoms with Gasteiger partial charge in [0.2, 0.25) is 0 Å². The van der Waals surface area contributed by atoms with E-state index in [1.165, 1.54) is 16.7 Å². The summed E-state index contributed by atoms with van der Waals surface area (Å²) in [6.45, 7) is 2.66. The maximum atomic E-state index is 13.1. The predicted octanol–water partition coefficient (Wildman–Crippen LogP) is 7.41. The molecule has 192 valence electrons. The number of carbonyl (C=O) groups excluding carboxylic acids is 2. The summed E-state index contributed by atoms with van der Waals surface area (Å²) >= 11 is 13.6. The van der Waals surface area contributed by atoms with Gasteiger partial charge in [0.1, 0.15) is 0 Å². The smallest absolute Gasteiger partial charge is 0.338 e. The minimum atomic E-state index is -0.407. The van der Waals surface area contributed by atoms with E-state index >= 15 is 0 Å². The van der Waals surface area contributed by atoms with Gasteiger partial charge in [0.15, 0.2) is 5.17 Å². The first-order chi connectivity index (χ1) is 18.3. The SMILES string of the molecule is CCOC(=O)c1cccc(N=C2SC(=Cc3cn(Cc4ccc(Cl)c(Cl)c4)c4ccccc34)C(=O)N2C)c1. The van der Waals surface area contributed by atoms with E-state index in [1.807, 2.05) is 48.7 Å². The fourth-order valence-corrected chi connectivity index (χ4v) is 5.47. The Bertz CT molecular complexity index is 1630. The Kier molecular flexibility index (Phi) is 7.61. The Morgan fingerprint density at radius 2 is 1.87 bits per heavy atom. The van der Waals surface area contributed by atoms with Gasteiger partial charge in [0.05, 0.1) is 32.8 Å². The van der Waals surface area contributed by atoms with Crippen molar-refractivity contribution in [2.75, 3.05) is 13.7 Å². The number of amidine groups is 1. The third-order valence-electron chi connectivity index (χ3n) is 6.03. The van der Waals surface area contributed by atoms with Crippen LogP contribution in [0.3, 0.4) is 0 Å². The lowest BCUT2D eigenvalue weighted by Crippen LogP contribution is -2.23. The van der Waals surface area contributed by atoms with Gasteiger partial charge in [-0.05, 0) is 66.7 Å². The lowest BCUT2D eigenvalue weighted by molar-refractivity contribution is -0.121. The Morgan fingerprint density at radius 3 is 2.66 bits per heavy atom. The third kappa shape index (κ3) is 5.36. The van der Waals surface area contributed by atoms with Gasteiger partial charge in [-0.15, -0.1) is 0 Å². The van der Waals surface area contributed by atoms with Crippen molar-refractivity contribution in [3.8, 4) is 0 Å². The summed E-state index contributed by atoms with van der Waals surface area (Å²) in [6, 6.07) is 20.5. The van der Waals surface area contributed by atoms with Crippen LogP contribution in [0.1, 0.15) is 28.4 Å². The Morgan fingerprint density at radius 1 is 1.05 bits per heavy atom. The maximum Gasteiger partial charge on any atom is 0.338 e. The highest BCUT2D eigenvalue weighted by Gasteiger charge is 2.30. The molecule has 3 aromatic carbocycles. The van der Waals surface area contributed by atoms with Gasteiger partial charge >= 0.3 is 5.97 Å². The van der Waals surface area contributed by atoms with Crippen molar-refractivity contribution in [3.63, 3.8) is 0 Å². The van der Waals surface area contributed by atoms with Crippen LogP contribution in [-0.4, -0.2) is 40.2 Å². The molecule has 1 aliphatic rings. The molecule has 0 N–H and O–H groups in total. The summed E-state index contributed by atoms with van der Waals surface area (Å²) in [4.78, 5) is 31.9. The van der Waals surface area contributed by atoms with Crippen LogP contribution >= 0.6 is 35.0 Å². The standard InChI is InChI=1S/C29H23Cl2N3O3S/c1-3-37-28(36)19-7-6-8-21(14-19)32-29-33(2)27(35)26(38-29)15-20-17-34(25-10-5-4-9-22(20)25)16-18-11-12-23(30)24(31)13-18/h4-15,17H,3,16H2,1-2H3. The largest absolute Gasteiger partial charge is 0.462 e. The summed E-state index contributed by atoms with van der Waals surface area (Å²) < 4.78 is 7.21. The van der Waals surface area contributed by atoms with Gasteiger partial charge in [-0.1, -0.05) is 53.5 Å². The normalized spacial score (nSPS) is 15.7. The van der Waals surface area contributed by atoms with Crippen molar-refractivity contribution in [1.29, 1.82) is 0 Å². The summed E-state index contributed by atoms with van der Waals surface area (Å²) in [5.41, 5.74) is 3.97. The number of rotatable bonds is 6. The van der Waals surface area contributed by atoms with Crippen LogP contribution in [0.4, 0.5) is 5.69 Å². The number of benzene rings is 3. The molecule has 2 heterocycles. The molecule has 38 heavy (non-hydrogen) atoms. The molecule has 0 saturated carbocycles. The van der Waals surface area contributed by atoms with Crippen LogP contribution in [0.15, 0.2) is 82.8 Å². The highest BCUT2D eigenvalue weighted by atomic mass is 35.5. The van der Waals surface area contributed by atoms with E-state index in [4.69, 9.17) is 27.9 Å². The van der Waals surface area contributed by atoms with Gasteiger partial charge in [-0.25, -0.2) is 9.79 Å². The molecule has 0 unspecified atom stereocenters. The number of aliphatic imine (C=N–C) groups is 1. The number of amides is 1. The molecular formula is C29H23Cl2N3O3S. The molecule has 0 atom stereocenters. The zero-order chi connectivity index (χ0) is 26.8. The number of aromatic nitrogens is 1. The van der Waals surface area contributed by atoms with Crippen molar-refractivity contribution < 1.29 is 14.3 Å². The Balaban J connectivity index is 1.46. The molecule has 0 aliphatic carbocycles. The molecular weight excluding hydrogens is 541 g/mol. The monoisotopic (exact) mass is 563 g/mol. The van der Waals surface area contributed by atoms with Crippen molar-refractivity contribution in [2.45, 2.75) is 13.5 Å². The molecule has 1 aliphatic heterocycles. The lowest BCUT2D eigenvalue weighted by Gasteiger charge is -2.07. The number of halogens is 2. The first-order valence-electron chi connectivity index (χ1n) is 11.9. The maximum absolute atomic E-state index is 13.1. The van der Waals surface area contributed by atoms with Gasteiger partial charge in [-0.3, -0.25) is 9.69 Å². The average molecular weight is 564 g/mol. The highest BCUT2D eigenvalue weighted by Crippen LogP contribution is 2.35. The predicted molar refractivity (Wildman–Crippen MR) is 155 cm³/mol. The van der Waals surface area contributed by atoms with E-state index in [9.17, 15) is 9.59 Å². The summed E-state index contributed by atoms with van der Waals surface area (Å²) in [5, 5.41) is 2.59. The number of nitrogens with zero attached hydrogens (tertiary/aromatic N) is 3. The number of para-hydroxylation sites is 1. The number of hydrogen-bond acceptors (Lipinski definition) is 5. The molecule has 0 spiro atoms. The van der Waals surface area contributed by atoms with Crippen LogP contribution in [0.25, 0.3) is 17.0 Å². The molecule has 0 bridgehead atoms. The van der Waals surface area contributed by atoms with Crippen LogP contribution in [0.5, 0.6) is 0 Å². The number of likely N-dealkylation sites (N-methyl/N-ethyl adjacent to an activating group) is 1. The number of carbonyl (C=O) groups is 2. The number of thioether (sulfide) groups is 1. The zero-order valence-electron chi connectivity index (χ0n) is 20.7. The zero-order valence-corrected chi connectivity index (χ0v) is 23.0. The second kappa shape index (κ2) is 11.1. The summed E-state index contributed by atoms with van der Waals surface area (Å²) in [7, 11) is 1.69. The lowest BCUT2D eigenvalue weighted by atomic mass is 10.1. The van der Waals surface area contributed by atoms with Crippen molar-refractivity contribution in [3.05, 3.63) is 105 Å². The number of esters is 1. The number of hydrogen-bond donors (Lipinski definition) is 0. The van der Waals surface area contributed by atoms with E-state index in [1.54, 1.807) is 44.3 Å². The second-order valence-electron chi connectivity index (χ2n) is 8.62. The average Bonchev–Trinajstić information content (AvgIpc) is 3.38. The minimum absolute atomic E-state index is 0.142. The molecule has 6 nitrogen and oxygen atoms in total. The van der Waals surface area contributed by atoms with Gasteiger partial charge in [0, 0.05) is 36.3 Å². The fourth-order valence-electron chi connectivity index (χ4n) is 4.18. The molecule has 5 rings (SSSR count).